The molecule has 0 atom stereocenters. The van der Waals surface area contributed by atoms with Gasteiger partial charge in [-0.2, -0.15) is 0 Å². The number of nitro groups is 1. The number of nitrogens with zero attached hydrogens (tertiary/aromatic N) is 1. The Balaban J connectivity index is 1.97. The highest BCUT2D eigenvalue weighted by atomic mass is 16.6. The van der Waals surface area contributed by atoms with E-state index in [0.717, 1.165) is 19.3 Å². The summed E-state index contributed by atoms with van der Waals surface area (Å²) in [5.41, 5.74) is -1.18. The van der Waals surface area contributed by atoms with Crippen LogP contribution in [-0.2, 0) is 14.3 Å². The molecule has 1 amide bonds. The highest BCUT2D eigenvalue weighted by molar-refractivity contribution is 5.96. The summed E-state index contributed by atoms with van der Waals surface area (Å²) in [5.74, 6) is -1.52. The number of anilines is 1. The van der Waals surface area contributed by atoms with E-state index >= 15 is 0 Å². The fourth-order valence-corrected chi connectivity index (χ4v) is 2.75. The number of hydrogen-bond acceptors (Lipinski definition) is 6. The maximum atomic E-state index is 12.0. The third-order valence-corrected chi connectivity index (χ3v) is 4.11. The van der Waals surface area contributed by atoms with Crippen LogP contribution in [0.1, 0.15) is 37.7 Å². The smallest absolute Gasteiger partial charge is 0.338 e. The molecule has 0 unspecified atom stereocenters. The van der Waals surface area contributed by atoms with Gasteiger partial charge in [0.05, 0.1) is 4.92 Å². The van der Waals surface area contributed by atoms with E-state index in [1.54, 1.807) is 13.0 Å². The zero-order valence-electron chi connectivity index (χ0n) is 13.4. The standard InChI is InChI=1S/C16H20N2O6/c1-11-6-5-7-12(18(22)23)14(11)17-13(19)10-24-15(20)16(21)8-3-2-4-9-16/h5-7,21H,2-4,8-10H2,1H3,(H,17,19). The van der Waals surface area contributed by atoms with E-state index in [2.05, 4.69) is 5.32 Å². The topological polar surface area (TPSA) is 119 Å². The van der Waals surface area contributed by atoms with Crippen molar-refractivity contribution in [3.63, 3.8) is 0 Å². The van der Waals surface area contributed by atoms with E-state index in [0.29, 0.717) is 18.4 Å². The Morgan fingerprint density at radius 2 is 2.00 bits per heavy atom. The summed E-state index contributed by atoms with van der Waals surface area (Å²) in [6, 6.07) is 4.42. The van der Waals surface area contributed by atoms with Crippen LogP contribution in [0.4, 0.5) is 11.4 Å². The predicted molar refractivity (Wildman–Crippen MR) is 85.5 cm³/mol. The molecule has 24 heavy (non-hydrogen) atoms. The number of ether oxygens (including phenoxy) is 1. The second kappa shape index (κ2) is 7.39. The normalized spacial score (nSPS) is 16.2. The number of aliphatic hydroxyl groups is 1. The van der Waals surface area contributed by atoms with E-state index in [4.69, 9.17) is 4.74 Å². The molecule has 1 aromatic carbocycles. The van der Waals surface area contributed by atoms with Gasteiger partial charge in [0.2, 0.25) is 0 Å². The monoisotopic (exact) mass is 336 g/mol. The van der Waals surface area contributed by atoms with Gasteiger partial charge in [0.25, 0.3) is 11.6 Å². The number of benzene rings is 1. The van der Waals surface area contributed by atoms with Gasteiger partial charge in [0, 0.05) is 6.07 Å². The lowest BCUT2D eigenvalue weighted by Gasteiger charge is -2.29. The third kappa shape index (κ3) is 4.08. The number of aryl methyl sites for hydroxylation is 1. The van der Waals surface area contributed by atoms with Crippen molar-refractivity contribution in [1.29, 1.82) is 0 Å². The second-order valence-electron chi connectivity index (χ2n) is 5.94. The van der Waals surface area contributed by atoms with Crippen LogP contribution < -0.4 is 5.32 Å². The van der Waals surface area contributed by atoms with Crippen molar-refractivity contribution in [3.05, 3.63) is 33.9 Å². The molecular weight excluding hydrogens is 316 g/mol. The minimum atomic E-state index is -1.53. The van der Waals surface area contributed by atoms with Crippen LogP contribution >= 0.6 is 0 Å². The summed E-state index contributed by atoms with van der Waals surface area (Å²) in [5, 5.41) is 23.6. The van der Waals surface area contributed by atoms with Gasteiger partial charge in [0.15, 0.2) is 12.2 Å². The first kappa shape index (κ1) is 17.9. The molecule has 130 valence electrons. The quantitative estimate of drug-likeness (QED) is 0.483. The lowest BCUT2D eigenvalue weighted by Crippen LogP contribution is -2.42. The van der Waals surface area contributed by atoms with Gasteiger partial charge in [-0.1, -0.05) is 18.6 Å². The maximum Gasteiger partial charge on any atom is 0.338 e. The number of esters is 1. The Morgan fingerprint density at radius 1 is 1.33 bits per heavy atom. The third-order valence-electron chi connectivity index (χ3n) is 4.11. The SMILES string of the molecule is Cc1cccc([N+](=O)[O-])c1NC(=O)COC(=O)C1(O)CCCCC1. The fraction of sp³-hybridized carbons (Fsp3) is 0.500. The number of nitro benzene ring substituents is 1. The van der Waals surface area contributed by atoms with E-state index in [9.17, 15) is 24.8 Å². The minimum Gasteiger partial charge on any atom is -0.453 e. The number of carbonyl (C=O) groups is 2. The van der Waals surface area contributed by atoms with Crippen molar-refractivity contribution >= 4 is 23.3 Å². The molecule has 0 radical (unpaired) electrons. The second-order valence-corrected chi connectivity index (χ2v) is 5.94. The Kier molecular flexibility index (Phi) is 5.50. The zero-order valence-corrected chi connectivity index (χ0v) is 13.4. The first-order valence-electron chi connectivity index (χ1n) is 7.77. The maximum absolute atomic E-state index is 12.0. The summed E-state index contributed by atoms with van der Waals surface area (Å²) < 4.78 is 4.89. The molecule has 1 fully saturated rings. The van der Waals surface area contributed by atoms with Crippen molar-refractivity contribution < 1.29 is 24.4 Å². The van der Waals surface area contributed by atoms with E-state index in [1.165, 1.54) is 12.1 Å². The number of rotatable bonds is 5. The molecule has 0 bridgehead atoms. The van der Waals surface area contributed by atoms with Crippen LogP contribution in [0.15, 0.2) is 18.2 Å². The summed E-state index contributed by atoms with van der Waals surface area (Å²) >= 11 is 0. The molecule has 0 aliphatic heterocycles. The van der Waals surface area contributed by atoms with Crippen molar-refractivity contribution in [3.8, 4) is 0 Å². The Labute approximate surface area is 139 Å². The molecule has 0 aromatic heterocycles. The molecule has 1 aliphatic rings. The van der Waals surface area contributed by atoms with Crippen molar-refractivity contribution in [2.75, 3.05) is 11.9 Å². The van der Waals surface area contributed by atoms with Crippen LogP contribution in [0.3, 0.4) is 0 Å². The zero-order chi connectivity index (χ0) is 17.7. The van der Waals surface area contributed by atoms with Crippen LogP contribution in [0.25, 0.3) is 0 Å². The number of amides is 1. The summed E-state index contributed by atoms with van der Waals surface area (Å²) in [6.07, 6.45) is 3.04. The lowest BCUT2D eigenvalue weighted by molar-refractivity contribution is -0.384. The molecule has 0 saturated heterocycles. The molecule has 1 aliphatic carbocycles. The Bertz CT molecular complexity index is 652. The van der Waals surface area contributed by atoms with Crippen LogP contribution in [0.2, 0.25) is 0 Å². The number of hydrogen-bond donors (Lipinski definition) is 2. The Morgan fingerprint density at radius 3 is 2.62 bits per heavy atom. The average molecular weight is 336 g/mol. The van der Waals surface area contributed by atoms with E-state index < -0.39 is 29.0 Å². The number of carbonyl (C=O) groups excluding carboxylic acids is 2. The summed E-state index contributed by atoms with van der Waals surface area (Å²) in [4.78, 5) is 34.3. The average Bonchev–Trinajstić information content (AvgIpc) is 2.55. The van der Waals surface area contributed by atoms with Crippen LogP contribution in [0.5, 0.6) is 0 Å². The van der Waals surface area contributed by atoms with Crippen molar-refractivity contribution in [2.24, 2.45) is 0 Å². The molecule has 8 nitrogen and oxygen atoms in total. The van der Waals surface area contributed by atoms with Gasteiger partial charge in [-0.3, -0.25) is 14.9 Å². The first-order valence-corrected chi connectivity index (χ1v) is 7.77. The van der Waals surface area contributed by atoms with E-state index in [-0.39, 0.29) is 11.4 Å². The fourth-order valence-electron chi connectivity index (χ4n) is 2.75. The highest BCUT2D eigenvalue weighted by Crippen LogP contribution is 2.29. The molecule has 0 spiro atoms. The van der Waals surface area contributed by atoms with Crippen molar-refractivity contribution in [1.82, 2.24) is 0 Å². The molecule has 2 N–H and O–H groups in total. The van der Waals surface area contributed by atoms with Gasteiger partial charge in [-0.05, 0) is 38.2 Å². The van der Waals surface area contributed by atoms with Crippen LogP contribution in [-0.4, -0.2) is 34.1 Å². The van der Waals surface area contributed by atoms with E-state index in [1.807, 2.05) is 0 Å². The van der Waals surface area contributed by atoms with Gasteiger partial charge in [0.1, 0.15) is 5.69 Å². The Hall–Kier alpha value is -2.48. The minimum absolute atomic E-state index is 0.0694. The van der Waals surface area contributed by atoms with Crippen LogP contribution in [0, 0.1) is 17.0 Å². The van der Waals surface area contributed by atoms with Gasteiger partial charge < -0.3 is 15.2 Å². The van der Waals surface area contributed by atoms with Crippen molar-refractivity contribution in [2.45, 2.75) is 44.6 Å². The predicted octanol–water partition coefficient (Wildman–Crippen LogP) is 2.08. The number of nitrogens with one attached hydrogen (secondary N) is 1. The first-order chi connectivity index (χ1) is 11.3. The summed E-state index contributed by atoms with van der Waals surface area (Å²) in [6.45, 7) is 1.02. The largest absolute Gasteiger partial charge is 0.453 e. The molecule has 8 heteroatoms. The molecule has 1 aromatic rings. The number of para-hydroxylation sites is 1. The lowest BCUT2D eigenvalue weighted by atomic mass is 9.85. The van der Waals surface area contributed by atoms with Gasteiger partial charge >= 0.3 is 5.97 Å². The van der Waals surface area contributed by atoms with Gasteiger partial charge in [-0.25, -0.2) is 4.79 Å². The van der Waals surface area contributed by atoms with Gasteiger partial charge in [-0.15, -0.1) is 0 Å². The highest BCUT2D eigenvalue weighted by Gasteiger charge is 2.39. The molecule has 2 rings (SSSR count). The molecular formula is C16H20N2O6. The molecule has 1 saturated carbocycles. The molecule has 0 heterocycles. The summed E-state index contributed by atoms with van der Waals surface area (Å²) in [7, 11) is 0.